The number of nitrogens with one attached hydrogen (secondary N) is 1. The molecule has 1 atom stereocenters. The molecule has 0 bridgehead atoms. The van der Waals surface area contributed by atoms with E-state index in [-0.39, 0.29) is 6.17 Å². The molecule has 3 rings (SSSR count). The maximum atomic E-state index is 4.40. The molecule has 102 valence electrons. The molecule has 0 fully saturated rings. The van der Waals surface area contributed by atoms with Crippen LogP contribution in [-0.2, 0) is 0 Å². The highest BCUT2D eigenvalue weighted by atomic mass is 15.7. The molecule has 2 aromatic carbocycles. The summed E-state index contributed by atoms with van der Waals surface area (Å²) in [7, 11) is 0. The number of rotatable bonds is 2. The lowest BCUT2D eigenvalue weighted by atomic mass is 10.2. The zero-order valence-corrected chi connectivity index (χ0v) is 11.7. The van der Waals surface area contributed by atoms with Gasteiger partial charge in [-0.2, -0.15) is 5.10 Å². The fourth-order valence-electron chi connectivity index (χ4n) is 2.42. The molecule has 4 heteroatoms. The Morgan fingerprint density at radius 2 is 1.45 bits per heavy atom. The molecule has 4 nitrogen and oxygen atoms in total. The maximum Gasteiger partial charge on any atom is 0.145 e. The molecule has 0 saturated carbocycles. The van der Waals surface area contributed by atoms with Crippen molar-refractivity contribution in [1.29, 1.82) is 0 Å². The van der Waals surface area contributed by atoms with Crippen LogP contribution in [0.2, 0.25) is 0 Å². The van der Waals surface area contributed by atoms with E-state index in [1.165, 1.54) is 0 Å². The number of nitrogens with zero attached hydrogens (tertiary/aromatic N) is 3. The van der Waals surface area contributed by atoms with Gasteiger partial charge >= 0.3 is 0 Å². The van der Waals surface area contributed by atoms with Gasteiger partial charge in [0.1, 0.15) is 12.0 Å². The number of hydrazone groups is 1. The van der Waals surface area contributed by atoms with Crippen molar-refractivity contribution >= 4 is 17.2 Å². The summed E-state index contributed by atoms with van der Waals surface area (Å²) in [5, 5.41) is 8.74. The van der Waals surface area contributed by atoms with Crippen molar-refractivity contribution in [1.82, 2.24) is 5.43 Å². The number of hydrogen-bond donors (Lipinski definition) is 1. The molecule has 20 heavy (non-hydrogen) atoms. The van der Waals surface area contributed by atoms with E-state index in [0.29, 0.717) is 0 Å². The van der Waals surface area contributed by atoms with Gasteiger partial charge in [0.15, 0.2) is 0 Å². The molecule has 1 aliphatic heterocycles. The number of amidine groups is 1. The molecule has 0 saturated heterocycles. The molecule has 0 aliphatic carbocycles. The zero-order chi connectivity index (χ0) is 13.9. The SMILES string of the molecule is CC1=NNC(C)N(c2ccccc2)N1c1ccccc1. The van der Waals surface area contributed by atoms with Crippen molar-refractivity contribution < 1.29 is 0 Å². The number of benzene rings is 2. The molecule has 1 aliphatic rings. The molecule has 1 unspecified atom stereocenters. The van der Waals surface area contributed by atoms with Crippen molar-refractivity contribution in [3.05, 3.63) is 60.7 Å². The highest BCUT2D eigenvalue weighted by molar-refractivity contribution is 5.98. The summed E-state index contributed by atoms with van der Waals surface area (Å²) < 4.78 is 0. The minimum absolute atomic E-state index is 0.0845. The van der Waals surface area contributed by atoms with Gasteiger partial charge in [0.05, 0.1) is 11.4 Å². The lowest BCUT2D eigenvalue weighted by Crippen LogP contribution is -2.59. The first-order chi connectivity index (χ1) is 9.77. The van der Waals surface area contributed by atoms with E-state index in [9.17, 15) is 0 Å². The van der Waals surface area contributed by atoms with Crippen LogP contribution >= 0.6 is 0 Å². The lowest BCUT2D eigenvalue weighted by molar-refractivity contribution is 0.515. The van der Waals surface area contributed by atoms with Gasteiger partial charge < -0.3 is 0 Å². The standard InChI is InChI=1S/C16H18N4/c1-13-17-18-14(2)20(16-11-7-4-8-12-16)19(13)15-9-5-3-6-10-15/h3-13,17H,1-2H3. The summed E-state index contributed by atoms with van der Waals surface area (Å²) in [6.07, 6.45) is 0.0845. The minimum Gasteiger partial charge on any atom is -0.285 e. The number of anilines is 2. The molecule has 2 aromatic rings. The van der Waals surface area contributed by atoms with Crippen LogP contribution in [-0.4, -0.2) is 12.0 Å². The van der Waals surface area contributed by atoms with Gasteiger partial charge in [-0.15, -0.1) is 0 Å². The second kappa shape index (κ2) is 5.25. The van der Waals surface area contributed by atoms with Crippen molar-refractivity contribution in [2.24, 2.45) is 5.10 Å². The average Bonchev–Trinajstić information content (AvgIpc) is 2.51. The van der Waals surface area contributed by atoms with Gasteiger partial charge in [0.2, 0.25) is 0 Å². The number of hydrogen-bond acceptors (Lipinski definition) is 4. The van der Waals surface area contributed by atoms with Crippen LogP contribution < -0.4 is 15.4 Å². The van der Waals surface area contributed by atoms with Gasteiger partial charge in [0, 0.05) is 0 Å². The Kier molecular flexibility index (Phi) is 3.29. The van der Waals surface area contributed by atoms with Crippen molar-refractivity contribution in [3.8, 4) is 0 Å². The highest BCUT2D eigenvalue weighted by Gasteiger charge is 2.27. The Labute approximate surface area is 119 Å². The summed E-state index contributed by atoms with van der Waals surface area (Å²) in [6, 6.07) is 20.6. The van der Waals surface area contributed by atoms with Crippen molar-refractivity contribution in [2.45, 2.75) is 20.0 Å². The first-order valence-electron chi connectivity index (χ1n) is 6.76. The van der Waals surface area contributed by atoms with E-state index in [0.717, 1.165) is 17.2 Å². The fraction of sp³-hybridized carbons (Fsp3) is 0.188. The summed E-state index contributed by atoms with van der Waals surface area (Å²) >= 11 is 0. The predicted octanol–water partition coefficient (Wildman–Crippen LogP) is 3.20. The topological polar surface area (TPSA) is 30.9 Å². The zero-order valence-electron chi connectivity index (χ0n) is 11.7. The third-order valence-electron chi connectivity index (χ3n) is 3.32. The highest BCUT2D eigenvalue weighted by Crippen LogP contribution is 2.26. The summed E-state index contributed by atoms with van der Waals surface area (Å²) in [5.74, 6) is 0.915. The fourth-order valence-corrected chi connectivity index (χ4v) is 2.42. The van der Waals surface area contributed by atoms with Crippen LogP contribution in [0.15, 0.2) is 65.8 Å². The van der Waals surface area contributed by atoms with Gasteiger partial charge in [0.25, 0.3) is 0 Å². The number of para-hydroxylation sites is 2. The minimum atomic E-state index is 0.0845. The van der Waals surface area contributed by atoms with E-state index < -0.39 is 0 Å². The van der Waals surface area contributed by atoms with Crippen LogP contribution in [0.25, 0.3) is 0 Å². The number of hydrazine groups is 1. The van der Waals surface area contributed by atoms with E-state index >= 15 is 0 Å². The van der Waals surface area contributed by atoms with Crippen molar-refractivity contribution in [2.75, 3.05) is 10.0 Å². The van der Waals surface area contributed by atoms with E-state index in [4.69, 9.17) is 0 Å². The Bertz CT molecular complexity index is 594. The Morgan fingerprint density at radius 1 is 0.900 bits per heavy atom. The largest absolute Gasteiger partial charge is 0.285 e. The third-order valence-corrected chi connectivity index (χ3v) is 3.32. The summed E-state index contributed by atoms with van der Waals surface area (Å²) in [6.45, 7) is 4.10. The van der Waals surface area contributed by atoms with Crippen molar-refractivity contribution in [3.63, 3.8) is 0 Å². The van der Waals surface area contributed by atoms with E-state index in [2.05, 4.69) is 51.7 Å². The molecule has 0 amide bonds. The second-order valence-corrected chi connectivity index (χ2v) is 4.79. The molecule has 0 spiro atoms. The average molecular weight is 266 g/mol. The quantitative estimate of drug-likeness (QED) is 0.905. The van der Waals surface area contributed by atoms with Gasteiger partial charge in [-0.3, -0.25) is 10.4 Å². The summed E-state index contributed by atoms with van der Waals surface area (Å²) in [5.41, 5.74) is 5.39. The van der Waals surface area contributed by atoms with Crippen LogP contribution in [0, 0.1) is 0 Å². The van der Waals surface area contributed by atoms with Crippen LogP contribution in [0.5, 0.6) is 0 Å². The van der Waals surface area contributed by atoms with Crippen LogP contribution in [0.1, 0.15) is 13.8 Å². The Hall–Kier alpha value is -2.49. The molecule has 1 heterocycles. The van der Waals surface area contributed by atoms with Gasteiger partial charge in [-0.25, -0.2) is 5.01 Å². The monoisotopic (exact) mass is 266 g/mol. The normalized spacial score (nSPS) is 18.5. The predicted molar refractivity (Wildman–Crippen MR) is 83.5 cm³/mol. The first-order valence-corrected chi connectivity index (χ1v) is 6.76. The summed E-state index contributed by atoms with van der Waals surface area (Å²) in [4.78, 5) is 0. The maximum absolute atomic E-state index is 4.40. The van der Waals surface area contributed by atoms with E-state index in [1.807, 2.05) is 43.3 Å². The lowest BCUT2D eigenvalue weighted by Gasteiger charge is -2.44. The smallest absolute Gasteiger partial charge is 0.145 e. The Balaban J connectivity index is 2.07. The van der Waals surface area contributed by atoms with Crippen LogP contribution in [0.4, 0.5) is 11.4 Å². The van der Waals surface area contributed by atoms with Gasteiger partial charge in [-0.1, -0.05) is 36.4 Å². The molecular formula is C16H18N4. The molecule has 0 radical (unpaired) electrons. The second-order valence-electron chi connectivity index (χ2n) is 4.79. The first kappa shape index (κ1) is 12.5. The van der Waals surface area contributed by atoms with E-state index in [1.54, 1.807) is 0 Å². The molecule has 0 aromatic heterocycles. The Morgan fingerprint density at radius 3 is 2.05 bits per heavy atom. The third kappa shape index (κ3) is 2.20. The van der Waals surface area contributed by atoms with Crippen LogP contribution in [0.3, 0.4) is 0 Å². The van der Waals surface area contributed by atoms with Gasteiger partial charge in [-0.05, 0) is 38.1 Å². The molecular weight excluding hydrogens is 248 g/mol. The molecule has 1 N–H and O–H groups in total.